The van der Waals surface area contributed by atoms with Crippen LogP contribution >= 0.6 is 11.6 Å². The molecule has 0 saturated heterocycles. The summed E-state index contributed by atoms with van der Waals surface area (Å²) < 4.78 is 50.6. The van der Waals surface area contributed by atoms with Crippen molar-refractivity contribution in [2.75, 3.05) is 6.61 Å². The van der Waals surface area contributed by atoms with E-state index in [9.17, 15) is 18.0 Å². The maximum Gasteiger partial charge on any atom is 0.573 e. The van der Waals surface area contributed by atoms with Gasteiger partial charge in [0.15, 0.2) is 0 Å². The molecule has 2 aromatic carbocycles. The minimum absolute atomic E-state index is 0.0166. The second-order valence-electron chi connectivity index (χ2n) is 5.05. The van der Waals surface area contributed by atoms with Crippen molar-refractivity contribution in [2.45, 2.75) is 6.36 Å². The second-order valence-corrected chi connectivity index (χ2v) is 5.49. The van der Waals surface area contributed by atoms with Crippen LogP contribution in [0, 0.1) is 0 Å². The van der Waals surface area contributed by atoms with Gasteiger partial charge in [0.2, 0.25) is 0 Å². The van der Waals surface area contributed by atoms with Crippen LogP contribution in [0.4, 0.5) is 13.2 Å². The third-order valence-corrected chi connectivity index (χ3v) is 3.45. The molecule has 0 amide bonds. The van der Waals surface area contributed by atoms with Crippen LogP contribution in [0.3, 0.4) is 0 Å². The highest BCUT2D eigenvalue weighted by Crippen LogP contribution is 2.30. The van der Waals surface area contributed by atoms with Crippen molar-refractivity contribution in [3.05, 3.63) is 58.6 Å². The maximum absolute atomic E-state index is 12.2. The van der Waals surface area contributed by atoms with Crippen LogP contribution in [0.2, 0.25) is 5.02 Å². The smallest absolute Gasteiger partial charge is 0.488 e. The summed E-state index contributed by atoms with van der Waals surface area (Å²) in [6.07, 6.45) is -3.19. The summed E-state index contributed by atoms with van der Waals surface area (Å²) in [6, 6.07) is 9.51. The van der Waals surface area contributed by atoms with Gasteiger partial charge in [-0.2, -0.15) is 0 Å². The van der Waals surface area contributed by atoms with E-state index in [0.717, 1.165) is 12.1 Å². The average molecular weight is 371 g/mol. The van der Waals surface area contributed by atoms with Crippen LogP contribution in [-0.2, 0) is 4.79 Å². The Morgan fingerprint density at radius 3 is 2.44 bits per heavy atom. The van der Waals surface area contributed by atoms with Crippen molar-refractivity contribution in [1.29, 1.82) is 0 Å². The topological polar surface area (TPSA) is 44.8 Å². The quantitative estimate of drug-likeness (QED) is 0.584. The molecule has 0 saturated carbocycles. The number of hydrogen-bond donors (Lipinski definition) is 0. The molecule has 130 valence electrons. The summed E-state index contributed by atoms with van der Waals surface area (Å²) in [6.45, 7) is 0.0166. The molecule has 8 heteroatoms. The number of rotatable bonds is 3. The average Bonchev–Trinajstić information content (AvgIpc) is 2.54. The molecule has 25 heavy (non-hydrogen) atoms. The lowest BCUT2D eigenvalue weighted by Gasteiger charge is -2.17. The highest BCUT2D eigenvalue weighted by atomic mass is 35.5. The SMILES string of the molecule is O=C(Oc1ccc(OC(F)(F)F)cc1)C1=Cc2cc(Cl)ccc2OC1. The van der Waals surface area contributed by atoms with Crippen LogP contribution in [-0.4, -0.2) is 18.9 Å². The van der Waals surface area contributed by atoms with E-state index in [2.05, 4.69) is 4.74 Å². The van der Waals surface area contributed by atoms with Crippen molar-refractivity contribution < 1.29 is 32.2 Å². The molecule has 0 radical (unpaired) electrons. The number of esters is 1. The lowest BCUT2D eigenvalue weighted by Crippen LogP contribution is -2.19. The van der Waals surface area contributed by atoms with E-state index in [0.29, 0.717) is 16.3 Å². The van der Waals surface area contributed by atoms with Crippen molar-refractivity contribution in [3.8, 4) is 17.2 Å². The van der Waals surface area contributed by atoms with Gasteiger partial charge in [-0.25, -0.2) is 4.79 Å². The maximum atomic E-state index is 12.2. The van der Waals surface area contributed by atoms with Gasteiger partial charge in [-0.05, 0) is 48.5 Å². The summed E-state index contributed by atoms with van der Waals surface area (Å²) in [5.74, 6) is -0.405. The third-order valence-electron chi connectivity index (χ3n) is 3.21. The molecule has 1 aliphatic heterocycles. The summed E-state index contributed by atoms with van der Waals surface area (Å²) in [5.41, 5.74) is 0.894. The second kappa shape index (κ2) is 6.68. The minimum atomic E-state index is -4.78. The van der Waals surface area contributed by atoms with E-state index in [1.54, 1.807) is 24.3 Å². The van der Waals surface area contributed by atoms with Gasteiger partial charge in [-0.3, -0.25) is 0 Å². The Labute approximate surface area is 145 Å². The van der Waals surface area contributed by atoms with Crippen molar-refractivity contribution in [1.82, 2.24) is 0 Å². The third kappa shape index (κ3) is 4.45. The predicted octanol–water partition coefficient (Wildman–Crippen LogP) is 4.62. The molecule has 0 aliphatic carbocycles. The molecule has 0 atom stereocenters. The number of halogens is 4. The molecule has 4 nitrogen and oxygen atoms in total. The first-order valence-electron chi connectivity index (χ1n) is 7.01. The molecule has 2 aromatic rings. The number of alkyl halides is 3. The number of benzene rings is 2. The highest BCUT2D eigenvalue weighted by Gasteiger charge is 2.31. The summed E-state index contributed by atoms with van der Waals surface area (Å²) >= 11 is 5.90. The zero-order valence-electron chi connectivity index (χ0n) is 12.5. The summed E-state index contributed by atoms with van der Waals surface area (Å²) in [7, 11) is 0. The van der Waals surface area contributed by atoms with Gasteiger partial charge in [0.1, 0.15) is 23.9 Å². The lowest BCUT2D eigenvalue weighted by atomic mass is 10.1. The standard InChI is InChI=1S/C17H10ClF3O4/c18-12-1-6-15-10(8-12)7-11(9-23-15)16(22)24-13-2-4-14(5-3-13)25-17(19,20)21/h1-8H,9H2. The lowest BCUT2D eigenvalue weighted by molar-refractivity contribution is -0.274. The zero-order valence-corrected chi connectivity index (χ0v) is 13.2. The molecule has 0 N–H and O–H groups in total. The number of carbonyl (C=O) groups excluding carboxylic acids is 1. The van der Waals surface area contributed by atoms with Crippen LogP contribution < -0.4 is 14.2 Å². The Morgan fingerprint density at radius 2 is 1.76 bits per heavy atom. The fraction of sp³-hybridized carbons (Fsp3) is 0.118. The fourth-order valence-electron chi connectivity index (χ4n) is 2.15. The van der Waals surface area contributed by atoms with E-state index in [1.807, 2.05) is 0 Å². The molecular formula is C17H10ClF3O4. The van der Waals surface area contributed by atoms with E-state index < -0.39 is 18.1 Å². The Bertz CT molecular complexity index is 829. The number of ether oxygens (including phenoxy) is 3. The molecule has 0 bridgehead atoms. The van der Waals surface area contributed by atoms with Crippen molar-refractivity contribution in [2.24, 2.45) is 0 Å². The first-order valence-corrected chi connectivity index (χ1v) is 7.39. The molecule has 1 heterocycles. The van der Waals surface area contributed by atoms with Crippen LogP contribution in [0.15, 0.2) is 48.0 Å². The van der Waals surface area contributed by atoms with Crippen molar-refractivity contribution >= 4 is 23.6 Å². The summed E-state index contributed by atoms with van der Waals surface area (Å²) in [4.78, 5) is 12.2. The van der Waals surface area contributed by atoms with Crippen LogP contribution in [0.5, 0.6) is 17.2 Å². The van der Waals surface area contributed by atoms with E-state index in [-0.39, 0.29) is 17.9 Å². The van der Waals surface area contributed by atoms with Gasteiger partial charge in [-0.15, -0.1) is 13.2 Å². The monoisotopic (exact) mass is 370 g/mol. The van der Waals surface area contributed by atoms with Gasteiger partial charge in [0, 0.05) is 10.6 Å². The largest absolute Gasteiger partial charge is 0.573 e. The Balaban J connectivity index is 1.70. The van der Waals surface area contributed by atoms with E-state index in [1.165, 1.54) is 12.1 Å². The number of fused-ring (bicyclic) bond motifs is 1. The first-order chi connectivity index (χ1) is 11.8. The first kappa shape index (κ1) is 17.2. The fourth-order valence-corrected chi connectivity index (χ4v) is 2.33. The molecule has 3 rings (SSSR count). The van der Waals surface area contributed by atoms with Gasteiger partial charge in [-0.1, -0.05) is 11.6 Å². The normalized spacial score (nSPS) is 13.4. The molecule has 0 unspecified atom stereocenters. The van der Waals surface area contributed by atoms with Gasteiger partial charge in [0.25, 0.3) is 0 Å². The molecule has 0 spiro atoms. The van der Waals surface area contributed by atoms with Gasteiger partial charge in [0.05, 0.1) is 5.57 Å². The Kier molecular flexibility index (Phi) is 4.59. The number of carbonyl (C=O) groups is 1. The van der Waals surface area contributed by atoms with Gasteiger partial charge >= 0.3 is 12.3 Å². The minimum Gasteiger partial charge on any atom is -0.488 e. The molecule has 0 fully saturated rings. The van der Waals surface area contributed by atoms with E-state index in [4.69, 9.17) is 21.1 Å². The van der Waals surface area contributed by atoms with Crippen LogP contribution in [0.1, 0.15) is 5.56 Å². The molecular weight excluding hydrogens is 361 g/mol. The van der Waals surface area contributed by atoms with Crippen LogP contribution in [0.25, 0.3) is 6.08 Å². The molecule has 1 aliphatic rings. The highest BCUT2D eigenvalue weighted by molar-refractivity contribution is 6.30. The Hall–Kier alpha value is -2.67. The Morgan fingerprint density at radius 1 is 1.08 bits per heavy atom. The molecule has 0 aromatic heterocycles. The van der Waals surface area contributed by atoms with Crippen molar-refractivity contribution in [3.63, 3.8) is 0 Å². The predicted molar refractivity (Wildman–Crippen MR) is 83.7 cm³/mol. The number of hydrogen-bond acceptors (Lipinski definition) is 4. The van der Waals surface area contributed by atoms with Gasteiger partial charge < -0.3 is 14.2 Å². The van der Waals surface area contributed by atoms with E-state index >= 15 is 0 Å². The summed E-state index contributed by atoms with van der Waals surface area (Å²) in [5, 5.41) is 0.494. The zero-order chi connectivity index (χ0) is 18.0.